The molecule has 0 radical (unpaired) electrons. The molecule has 2 N–H and O–H groups in total. The number of para-hydroxylation sites is 1. The largest absolute Gasteiger partial charge is 0.496 e. The van der Waals surface area contributed by atoms with Gasteiger partial charge in [-0.1, -0.05) is 55.3 Å². The van der Waals surface area contributed by atoms with Crippen molar-refractivity contribution in [2.75, 3.05) is 59.5 Å². The summed E-state index contributed by atoms with van der Waals surface area (Å²) < 4.78 is 23.8. The van der Waals surface area contributed by atoms with Crippen LogP contribution in [-0.4, -0.2) is 116 Å². The van der Waals surface area contributed by atoms with Crippen molar-refractivity contribution in [2.45, 2.75) is 87.6 Å². The van der Waals surface area contributed by atoms with Crippen LogP contribution in [-0.2, 0) is 46.0 Å². The Bertz CT molecular complexity index is 2250. The van der Waals surface area contributed by atoms with Gasteiger partial charge in [0.15, 0.2) is 6.10 Å². The number of aromatic amines is 1. The number of nitrogens with one attached hydrogen (secondary N) is 1. The van der Waals surface area contributed by atoms with Crippen LogP contribution in [0.4, 0.5) is 5.69 Å². The van der Waals surface area contributed by atoms with Crippen LogP contribution in [0.3, 0.4) is 0 Å². The first-order valence-corrected chi connectivity index (χ1v) is 20.4. The number of hydrogen-bond acceptors (Lipinski definition) is 11. The number of H-pyrrole nitrogens is 1. The van der Waals surface area contributed by atoms with Crippen molar-refractivity contribution in [1.82, 2.24) is 14.8 Å². The zero-order valence-electron chi connectivity index (χ0n) is 34.0. The standard InChI is InChI=1S/C45H54N4O8/c1-8-26-18-27-21-44(41(51)55-6,37-30(24-48(22-26)23-27)29-12-10-11-13-33(29)46-37)32-19-31-34(20-35(32)54-5)47(4)40-43(31)15-17-49-16-14-28(9-2)36(38(43)49)39(57-25(3)50)45(40,53)42(52)56-7/h10-14,18-20,27,36,38-40,46,53H,8-9,15-17,21-24H2,1-7H3/t27?,36?,38-,39-,40-,43-,44?,45?/m1/s1. The summed E-state index contributed by atoms with van der Waals surface area (Å²) in [6.07, 6.45) is 5.94. The Balaban J connectivity index is 1.36. The van der Waals surface area contributed by atoms with Crippen LogP contribution in [0.1, 0.15) is 68.8 Å². The Morgan fingerprint density at radius 2 is 1.77 bits per heavy atom. The second-order valence-corrected chi connectivity index (χ2v) is 17.1. The number of anilines is 1. The van der Waals surface area contributed by atoms with Crippen molar-refractivity contribution in [3.8, 4) is 5.75 Å². The first kappa shape index (κ1) is 37.9. The van der Waals surface area contributed by atoms with Crippen molar-refractivity contribution < 1.29 is 38.4 Å². The lowest BCUT2D eigenvalue weighted by Crippen LogP contribution is -2.78. The van der Waals surface area contributed by atoms with Gasteiger partial charge in [-0.2, -0.15) is 0 Å². The fraction of sp³-hybridized carbons (Fsp3) is 0.533. The van der Waals surface area contributed by atoms with Gasteiger partial charge in [-0.05, 0) is 61.4 Å². The number of aromatic nitrogens is 1. The van der Waals surface area contributed by atoms with E-state index in [0.717, 1.165) is 58.5 Å². The minimum absolute atomic E-state index is 0.0319. The van der Waals surface area contributed by atoms with Crippen molar-refractivity contribution in [3.05, 3.63) is 82.1 Å². The zero-order chi connectivity index (χ0) is 40.2. The number of esters is 3. The number of fused-ring (bicyclic) bond motifs is 6. The molecule has 3 aromatic rings. The molecule has 1 aromatic heterocycles. The molecule has 2 bridgehead atoms. The predicted octanol–water partition coefficient (Wildman–Crippen LogP) is 4.75. The Hall–Kier alpha value is -4.65. The van der Waals surface area contributed by atoms with Gasteiger partial charge in [-0.25, -0.2) is 4.79 Å². The molecule has 5 unspecified atom stereocenters. The van der Waals surface area contributed by atoms with Gasteiger partial charge in [0.1, 0.15) is 11.2 Å². The molecule has 1 aliphatic carbocycles. The van der Waals surface area contributed by atoms with Crippen LogP contribution in [0, 0.1) is 11.8 Å². The van der Waals surface area contributed by atoms with E-state index in [1.54, 1.807) is 7.11 Å². The second kappa shape index (κ2) is 13.5. The summed E-state index contributed by atoms with van der Waals surface area (Å²) in [5.74, 6) is -1.78. The van der Waals surface area contributed by atoms with E-state index < -0.39 is 46.4 Å². The van der Waals surface area contributed by atoms with Gasteiger partial charge in [0.2, 0.25) is 5.60 Å². The van der Waals surface area contributed by atoms with Crippen molar-refractivity contribution in [2.24, 2.45) is 11.8 Å². The molecule has 0 amide bonds. The van der Waals surface area contributed by atoms with Gasteiger partial charge in [-0.3, -0.25) is 19.4 Å². The number of carbonyl (C=O) groups excluding carboxylic acids is 3. The molecule has 1 saturated carbocycles. The zero-order valence-corrected chi connectivity index (χ0v) is 34.0. The van der Waals surface area contributed by atoms with Crippen molar-refractivity contribution >= 4 is 34.5 Å². The van der Waals surface area contributed by atoms with Gasteiger partial charge in [-0.15, -0.1) is 0 Å². The Labute approximate surface area is 333 Å². The SMILES string of the molecule is CCC1=CC2CN(C1)Cc1c([nH]c3ccccc13)C(C(=O)OC)(c1cc3c(cc1OC)N(C)[C@H]1C(O)(C(=O)OC)[C@H](OC(C)=O)C4C(CC)=CCN5CC[C@]31[C@@H]45)C2. The lowest BCUT2D eigenvalue weighted by Gasteiger charge is -2.59. The highest BCUT2D eigenvalue weighted by molar-refractivity contribution is 5.95. The van der Waals surface area contributed by atoms with E-state index in [2.05, 4.69) is 59.0 Å². The Morgan fingerprint density at radius 1 is 1.00 bits per heavy atom. The van der Waals surface area contributed by atoms with Gasteiger partial charge < -0.3 is 33.9 Å². The first-order chi connectivity index (χ1) is 27.4. The number of benzene rings is 2. The lowest BCUT2D eigenvalue weighted by atomic mass is 9.52. The van der Waals surface area contributed by atoms with Gasteiger partial charge in [0, 0.05) is 91.4 Å². The monoisotopic (exact) mass is 778 g/mol. The third-order valence-electron chi connectivity index (χ3n) is 14.6. The Kier molecular flexibility index (Phi) is 8.95. The minimum atomic E-state index is -2.25. The van der Waals surface area contributed by atoms with Crippen LogP contribution >= 0.6 is 0 Å². The fourth-order valence-electron chi connectivity index (χ4n) is 12.6. The van der Waals surface area contributed by atoms with Crippen LogP contribution in [0.15, 0.2) is 59.7 Å². The number of carbonyl (C=O) groups is 3. The molecule has 9 rings (SSSR count). The normalized spacial score (nSPS) is 33.8. The maximum atomic E-state index is 15.2. The summed E-state index contributed by atoms with van der Waals surface area (Å²) in [5, 5.41) is 14.3. The average molecular weight is 779 g/mol. The van der Waals surface area contributed by atoms with E-state index in [1.165, 1.54) is 26.7 Å². The second-order valence-electron chi connectivity index (χ2n) is 17.1. The molecule has 302 valence electrons. The number of nitrogens with zero attached hydrogens (tertiary/aromatic N) is 3. The van der Waals surface area contributed by atoms with Crippen LogP contribution < -0.4 is 9.64 Å². The Morgan fingerprint density at radius 3 is 2.47 bits per heavy atom. The fourth-order valence-corrected chi connectivity index (χ4v) is 12.6. The molecule has 6 aliphatic rings. The summed E-state index contributed by atoms with van der Waals surface area (Å²) in [6.45, 7) is 9.28. The molecule has 57 heavy (non-hydrogen) atoms. The summed E-state index contributed by atoms with van der Waals surface area (Å²) in [4.78, 5) is 53.0. The van der Waals surface area contributed by atoms with Crippen LogP contribution in [0.2, 0.25) is 0 Å². The molecular weight excluding hydrogens is 725 g/mol. The quantitative estimate of drug-likeness (QED) is 0.196. The molecule has 6 heterocycles. The van der Waals surface area contributed by atoms with Gasteiger partial charge >= 0.3 is 17.9 Å². The molecule has 12 nitrogen and oxygen atoms in total. The first-order valence-electron chi connectivity index (χ1n) is 20.4. The van der Waals surface area contributed by atoms with E-state index in [9.17, 15) is 14.7 Å². The highest BCUT2D eigenvalue weighted by atomic mass is 16.6. The number of methoxy groups -OCH3 is 3. The highest BCUT2D eigenvalue weighted by Gasteiger charge is 2.77. The number of hydrogen-bond donors (Lipinski definition) is 2. The van der Waals surface area contributed by atoms with Crippen molar-refractivity contribution in [3.63, 3.8) is 0 Å². The number of ether oxygens (including phenoxy) is 4. The molecule has 2 fully saturated rings. The van der Waals surface area contributed by atoms with Crippen LogP contribution in [0.25, 0.3) is 10.9 Å². The van der Waals surface area contributed by atoms with E-state index in [1.807, 2.05) is 30.1 Å². The molecule has 12 heteroatoms. The summed E-state index contributed by atoms with van der Waals surface area (Å²) >= 11 is 0. The van der Waals surface area contributed by atoms with E-state index in [4.69, 9.17) is 18.9 Å². The third kappa shape index (κ3) is 4.99. The number of aliphatic hydroxyl groups is 1. The molecule has 9 atom stereocenters. The van der Waals surface area contributed by atoms with E-state index in [0.29, 0.717) is 50.2 Å². The van der Waals surface area contributed by atoms with E-state index in [-0.39, 0.29) is 17.9 Å². The highest BCUT2D eigenvalue weighted by Crippen LogP contribution is 2.65. The topological polar surface area (TPSA) is 134 Å². The summed E-state index contributed by atoms with van der Waals surface area (Å²) in [5.41, 5.74) is 3.13. The third-order valence-corrected chi connectivity index (χ3v) is 14.6. The molecule has 2 aromatic carbocycles. The maximum absolute atomic E-state index is 15.2. The predicted molar refractivity (Wildman–Crippen MR) is 214 cm³/mol. The van der Waals surface area contributed by atoms with Gasteiger partial charge in [0.25, 0.3) is 0 Å². The average Bonchev–Trinajstić information content (AvgIpc) is 3.86. The number of likely N-dealkylation sites (N-methyl/N-ethyl adjacent to an activating group) is 1. The lowest BCUT2D eigenvalue weighted by molar-refractivity contribution is -0.212. The summed E-state index contributed by atoms with van der Waals surface area (Å²) in [7, 11) is 6.23. The molecular formula is C45H54N4O8. The molecule has 1 spiro atoms. The smallest absolute Gasteiger partial charge is 0.344 e. The minimum Gasteiger partial charge on any atom is -0.496 e. The number of rotatable bonds is 7. The summed E-state index contributed by atoms with van der Waals surface area (Å²) in [6, 6.07) is 11.2. The van der Waals surface area contributed by atoms with Gasteiger partial charge in [0.05, 0.1) is 27.4 Å². The molecule has 1 saturated heterocycles. The molecule has 5 aliphatic heterocycles. The van der Waals surface area contributed by atoms with E-state index >= 15 is 4.79 Å². The van der Waals surface area contributed by atoms with Crippen molar-refractivity contribution in [1.29, 1.82) is 0 Å². The van der Waals surface area contributed by atoms with Crippen LogP contribution in [0.5, 0.6) is 5.75 Å². The maximum Gasteiger partial charge on any atom is 0.344 e.